The highest BCUT2D eigenvalue weighted by atomic mass is 16.5. The van der Waals surface area contributed by atoms with Crippen LogP contribution in [0.4, 0.5) is 0 Å². The standard InChI is InChI=1S/C16H21NO4/c1-10(2)13(9-17)12(8-16(18)19)11-5-6-14(20-3)15(7-11)21-4/h5-7,10,12-13H,8H2,1-4H3,(H,18,19). The summed E-state index contributed by atoms with van der Waals surface area (Å²) < 4.78 is 10.4. The number of aliphatic carboxylic acids is 1. The number of ether oxygens (including phenoxy) is 2. The summed E-state index contributed by atoms with van der Waals surface area (Å²) in [6.45, 7) is 3.84. The van der Waals surface area contributed by atoms with Gasteiger partial charge in [0, 0.05) is 5.92 Å². The molecule has 0 aliphatic rings. The van der Waals surface area contributed by atoms with Gasteiger partial charge in [0.15, 0.2) is 11.5 Å². The molecule has 114 valence electrons. The van der Waals surface area contributed by atoms with Crippen LogP contribution in [0.2, 0.25) is 0 Å². The van der Waals surface area contributed by atoms with Crippen LogP contribution in [0.25, 0.3) is 0 Å². The predicted molar refractivity (Wildman–Crippen MR) is 78.5 cm³/mol. The van der Waals surface area contributed by atoms with E-state index >= 15 is 0 Å². The molecule has 0 amide bonds. The van der Waals surface area contributed by atoms with Gasteiger partial charge in [-0.3, -0.25) is 4.79 Å². The van der Waals surface area contributed by atoms with Gasteiger partial charge < -0.3 is 14.6 Å². The highest BCUT2D eigenvalue weighted by molar-refractivity contribution is 5.68. The van der Waals surface area contributed by atoms with Crippen molar-refractivity contribution in [2.75, 3.05) is 14.2 Å². The van der Waals surface area contributed by atoms with Crippen molar-refractivity contribution in [1.29, 1.82) is 5.26 Å². The molecule has 0 saturated heterocycles. The van der Waals surface area contributed by atoms with Crippen molar-refractivity contribution in [3.63, 3.8) is 0 Å². The van der Waals surface area contributed by atoms with Crippen LogP contribution in [-0.2, 0) is 4.79 Å². The molecule has 0 fully saturated rings. The zero-order valence-corrected chi connectivity index (χ0v) is 12.8. The molecule has 1 N–H and O–H groups in total. The van der Waals surface area contributed by atoms with Crippen molar-refractivity contribution < 1.29 is 19.4 Å². The number of benzene rings is 1. The molecular weight excluding hydrogens is 270 g/mol. The van der Waals surface area contributed by atoms with Crippen molar-refractivity contribution in [2.24, 2.45) is 11.8 Å². The van der Waals surface area contributed by atoms with E-state index in [9.17, 15) is 10.1 Å². The molecule has 0 radical (unpaired) electrons. The largest absolute Gasteiger partial charge is 0.493 e. The topological polar surface area (TPSA) is 79.5 Å². The number of nitriles is 1. The third-order valence-corrected chi connectivity index (χ3v) is 3.53. The first-order valence-corrected chi connectivity index (χ1v) is 6.77. The molecule has 0 spiro atoms. The van der Waals surface area contributed by atoms with Gasteiger partial charge in [0.2, 0.25) is 0 Å². The lowest BCUT2D eigenvalue weighted by atomic mass is 9.78. The monoisotopic (exact) mass is 291 g/mol. The number of carboxylic acids is 1. The molecule has 0 aliphatic heterocycles. The Hall–Kier alpha value is -2.22. The molecule has 1 rings (SSSR count). The van der Waals surface area contributed by atoms with Gasteiger partial charge >= 0.3 is 5.97 Å². The van der Waals surface area contributed by atoms with Gasteiger partial charge in [0.1, 0.15) is 0 Å². The molecule has 1 aromatic carbocycles. The molecular formula is C16H21NO4. The molecule has 2 unspecified atom stereocenters. The number of hydrogen-bond acceptors (Lipinski definition) is 4. The van der Waals surface area contributed by atoms with E-state index in [1.54, 1.807) is 25.3 Å². The summed E-state index contributed by atoms with van der Waals surface area (Å²) in [5, 5.41) is 18.5. The molecule has 0 aromatic heterocycles. The van der Waals surface area contributed by atoms with E-state index < -0.39 is 5.97 Å². The Morgan fingerprint density at radius 2 is 1.90 bits per heavy atom. The van der Waals surface area contributed by atoms with Crippen LogP contribution in [-0.4, -0.2) is 25.3 Å². The Kier molecular flexibility index (Phi) is 6.04. The Labute approximate surface area is 125 Å². The van der Waals surface area contributed by atoms with Gasteiger partial charge in [0.05, 0.1) is 32.6 Å². The number of hydrogen-bond donors (Lipinski definition) is 1. The van der Waals surface area contributed by atoms with Crippen LogP contribution in [0.5, 0.6) is 11.5 Å². The van der Waals surface area contributed by atoms with Crippen LogP contribution < -0.4 is 9.47 Å². The second-order valence-corrected chi connectivity index (χ2v) is 5.22. The molecule has 0 saturated carbocycles. The number of carboxylic acid groups (broad SMARTS) is 1. The molecule has 2 atom stereocenters. The number of carbonyl (C=O) groups is 1. The first kappa shape index (κ1) is 16.8. The summed E-state index contributed by atoms with van der Waals surface area (Å²) in [6, 6.07) is 7.51. The average molecular weight is 291 g/mol. The summed E-state index contributed by atoms with van der Waals surface area (Å²) in [5.74, 6) is -0.506. The molecule has 5 heteroatoms. The summed E-state index contributed by atoms with van der Waals surface area (Å²) in [4.78, 5) is 11.1. The maximum atomic E-state index is 11.1. The minimum absolute atomic E-state index is 0.0625. The van der Waals surface area contributed by atoms with Crippen LogP contribution in [0, 0.1) is 23.2 Å². The SMILES string of the molecule is COc1ccc(C(CC(=O)O)C(C#N)C(C)C)cc1OC. The zero-order chi connectivity index (χ0) is 16.0. The van der Waals surface area contributed by atoms with E-state index in [0.717, 1.165) is 5.56 Å². The van der Waals surface area contributed by atoms with Gasteiger partial charge in [-0.05, 0) is 23.6 Å². The third kappa shape index (κ3) is 4.12. The molecule has 5 nitrogen and oxygen atoms in total. The summed E-state index contributed by atoms with van der Waals surface area (Å²) >= 11 is 0. The van der Waals surface area contributed by atoms with E-state index in [1.807, 2.05) is 13.8 Å². The second-order valence-electron chi connectivity index (χ2n) is 5.22. The highest BCUT2D eigenvalue weighted by Crippen LogP contribution is 2.37. The van der Waals surface area contributed by atoms with Crippen molar-refractivity contribution in [1.82, 2.24) is 0 Å². The lowest BCUT2D eigenvalue weighted by molar-refractivity contribution is -0.137. The minimum atomic E-state index is -0.921. The fraction of sp³-hybridized carbons (Fsp3) is 0.500. The smallest absolute Gasteiger partial charge is 0.304 e. The normalized spacial score (nSPS) is 13.3. The maximum absolute atomic E-state index is 11.1. The van der Waals surface area contributed by atoms with E-state index in [-0.39, 0.29) is 24.2 Å². The number of methoxy groups -OCH3 is 2. The zero-order valence-electron chi connectivity index (χ0n) is 12.8. The van der Waals surface area contributed by atoms with Gasteiger partial charge in [-0.1, -0.05) is 19.9 Å². The third-order valence-electron chi connectivity index (χ3n) is 3.53. The molecule has 21 heavy (non-hydrogen) atoms. The Morgan fingerprint density at radius 3 is 2.33 bits per heavy atom. The van der Waals surface area contributed by atoms with Gasteiger partial charge in [-0.2, -0.15) is 5.26 Å². The number of rotatable bonds is 7. The van der Waals surface area contributed by atoms with E-state index in [2.05, 4.69) is 6.07 Å². The van der Waals surface area contributed by atoms with Crippen molar-refractivity contribution >= 4 is 5.97 Å². The van der Waals surface area contributed by atoms with Crippen LogP contribution in [0.1, 0.15) is 31.7 Å². The van der Waals surface area contributed by atoms with E-state index in [0.29, 0.717) is 11.5 Å². The van der Waals surface area contributed by atoms with Crippen molar-refractivity contribution in [3.8, 4) is 17.6 Å². The predicted octanol–water partition coefficient (Wildman–Crippen LogP) is 3.06. The van der Waals surface area contributed by atoms with Crippen molar-refractivity contribution in [3.05, 3.63) is 23.8 Å². The van der Waals surface area contributed by atoms with Crippen molar-refractivity contribution in [2.45, 2.75) is 26.2 Å². The molecule has 0 heterocycles. The second kappa shape index (κ2) is 7.53. The highest BCUT2D eigenvalue weighted by Gasteiger charge is 2.29. The number of nitrogens with zero attached hydrogens (tertiary/aromatic N) is 1. The fourth-order valence-electron chi connectivity index (χ4n) is 2.43. The summed E-state index contributed by atoms with van der Waals surface area (Å²) in [5.41, 5.74) is 0.773. The van der Waals surface area contributed by atoms with Gasteiger partial charge in [-0.25, -0.2) is 0 Å². The van der Waals surface area contributed by atoms with Crippen LogP contribution in [0.15, 0.2) is 18.2 Å². The molecule has 1 aromatic rings. The Balaban J connectivity index is 3.26. The average Bonchev–Trinajstić information content (AvgIpc) is 2.45. The molecule has 0 bridgehead atoms. The fourth-order valence-corrected chi connectivity index (χ4v) is 2.43. The van der Waals surface area contributed by atoms with E-state index in [4.69, 9.17) is 14.6 Å². The lowest BCUT2D eigenvalue weighted by Crippen LogP contribution is -2.20. The van der Waals surface area contributed by atoms with Crippen LogP contribution >= 0.6 is 0 Å². The minimum Gasteiger partial charge on any atom is -0.493 e. The van der Waals surface area contributed by atoms with Crippen LogP contribution in [0.3, 0.4) is 0 Å². The summed E-state index contributed by atoms with van der Waals surface area (Å²) in [6.07, 6.45) is -0.0914. The van der Waals surface area contributed by atoms with Gasteiger partial charge in [-0.15, -0.1) is 0 Å². The quantitative estimate of drug-likeness (QED) is 0.835. The first-order chi connectivity index (χ1) is 9.94. The van der Waals surface area contributed by atoms with E-state index in [1.165, 1.54) is 7.11 Å². The Morgan fingerprint density at radius 1 is 1.29 bits per heavy atom. The maximum Gasteiger partial charge on any atom is 0.304 e. The molecule has 0 aliphatic carbocycles. The lowest BCUT2D eigenvalue weighted by Gasteiger charge is -2.24. The Bertz CT molecular complexity index is 534. The first-order valence-electron chi connectivity index (χ1n) is 6.77. The summed E-state index contributed by atoms with van der Waals surface area (Å²) in [7, 11) is 3.07. The van der Waals surface area contributed by atoms with Gasteiger partial charge in [0.25, 0.3) is 0 Å².